The quantitative estimate of drug-likeness (QED) is 0.758. The highest BCUT2D eigenvalue weighted by Gasteiger charge is 2.31. The van der Waals surface area contributed by atoms with E-state index in [1.54, 1.807) is 6.92 Å². The zero-order chi connectivity index (χ0) is 13.2. The normalized spacial score (nSPS) is 14.1. The first-order valence-corrected chi connectivity index (χ1v) is 6.03. The third kappa shape index (κ3) is 3.37. The lowest BCUT2D eigenvalue weighted by Gasteiger charge is -2.11. The van der Waals surface area contributed by atoms with E-state index in [2.05, 4.69) is 5.10 Å². The Hall–Kier alpha value is -0.710. The second-order valence-electron chi connectivity index (χ2n) is 3.90. The molecule has 1 aromatic heterocycles. The highest BCUT2D eigenvalue weighted by atomic mass is 35.5. The fourth-order valence-electron chi connectivity index (χ4n) is 1.96. The summed E-state index contributed by atoms with van der Waals surface area (Å²) in [7, 11) is 0. The van der Waals surface area contributed by atoms with E-state index in [0.29, 0.717) is 24.2 Å². The number of alkyl halides is 4. The molecular weight excluding hydrogens is 253 g/mol. The fraction of sp³-hybridized carbons (Fsp3) is 0.727. The first-order chi connectivity index (χ1) is 7.80. The van der Waals surface area contributed by atoms with Gasteiger partial charge in [-0.2, -0.15) is 18.3 Å². The van der Waals surface area contributed by atoms with Crippen LogP contribution in [0.3, 0.4) is 0 Å². The van der Waals surface area contributed by atoms with Crippen LogP contribution in [0.2, 0.25) is 0 Å². The average Bonchev–Trinajstić information content (AvgIpc) is 2.52. The number of aryl methyl sites for hydroxylation is 1. The summed E-state index contributed by atoms with van der Waals surface area (Å²) in [6, 6.07) is 0. The standard InChI is InChI=1S/C11H16ClF3N2/c1-4-8-10(7(3)12)9(5-2)17(16-8)6-11(13,14)15/h7H,4-6H2,1-3H3. The van der Waals surface area contributed by atoms with Crippen molar-refractivity contribution in [1.29, 1.82) is 0 Å². The van der Waals surface area contributed by atoms with E-state index in [9.17, 15) is 13.2 Å². The second-order valence-corrected chi connectivity index (χ2v) is 4.56. The SMILES string of the molecule is CCc1nn(CC(F)(F)F)c(CC)c1C(C)Cl. The molecule has 1 aromatic rings. The highest BCUT2D eigenvalue weighted by molar-refractivity contribution is 6.20. The van der Waals surface area contributed by atoms with Gasteiger partial charge >= 0.3 is 6.18 Å². The summed E-state index contributed by atoms with van der Waals surface area (Å²) in [6.45, 7) is 4.39. The van der Waals surface area contributed by atoms with Gasteiger partial charge in [-0.1, -0.05) is 13.8 Å². The van der Waals surface area contributed by atoms with E-state index in [0.717, 1.165) is 10.2 Å². The predicted octanol–water partition coefficient (Wildman–Crippen LogP) is 3.87. The van der Waals surface area contributed by atoms with Crippen LogP contribution in [0.25, 0.3) is 0 Å². The van der Waals surface area contributed by atoms with Crippen molar-refractivity contribution in [3.05, 3.63) is 17.0 Å². The zero-order valence-corrected chi connectivity index (χ0v) is 10.9. The lowest BCUT2D eigenvalue weighted by molar-refractivity contribution is -0.143. The number of hydrogen-bond donors (Lipinski definition) is 0. The Kier molecular flexibility index (Phi) is 4.47. The van der Waals surface area contributed by atoms with E-state index in [4.69, 9.17) is 11.6 Å². The largest absolute Gasteiger partial charge is 0.408 e. The number of aromatic nitrogens is 2. The maximum Gasteiger partial charge on any atom is 0.408 e. The lowest BCUT2D eigenvalue weighted by atomic mass is 10.1. The van der Waals surface area contributed by atoms with Crippen molar-refractivity contribution in [2.75, 3.05) is 0 Å². The van der Waals surface area contributed by atoms with Crippen molar-refractivity contribution < 1.29 is 13.2 Å². The van der Waals surface area contributed by atoms with Gasteiger partial charge in [0.1, 0.15) is 6.54 Å². The molecule has 98 valence electrons. The van der Waals surface area contributed by atoms with Crippen molar-refractivity contribution in [2.24, 2.45) is 0 Å². The summed E-state index contributed by atoms with van der Waals surface area (Å²) in [5.41, 5.74) is 2.00. The average molecular weight is 269 g/mol. The van der Waals surface area contributed by atoms with Gasteiger partial charge in [0.2, 0.25) is 0 Å². The first-order valence-electron chi connectivity index (χ1n) is 5.59. The van der Waals surface area contributed by atoms with Gasteiger partial charge < -0.3 is 0 Å². The highest BCUT2D eigenvalue weighted by Crippen LogP contribution is 2.29. The molecule has 6 heteroatoms. The van der Waals surface area contributed by atoms with Gasteiger partial charge in [-0.05, 0) is 19.8 Å². The fourth-order valence-corrected chi connectivity index (χ4v) is 2.21. The van der Waals surface area contributed by atoms with E-state index in [1.165, 1.54) is 0 Å². The maximum absolute atomic E-state index is 12.4. The Balaban J connectivity index is 3.22. The predicted molar refractivity (Wildman–Crippen MR) is 61.3 cm³/mol. The lowest BCUT2D eigenvalue weighted by Crippen LogP contribution is -2.20. The Bertz CT molecular complexity index is 383. The first kappa shape index (κ1) is 14.4. The molecule has 0 N–H and O–H groups in total. The molecule has 0 saturated carbocycles. The smallest absolute Gasteiger partial charge is 0.260 e. The summed E-state index contributed by atoms with van der Waals surface area (Å²) in [5.74, 6) is 0. The molecule has 1 unspecified atom stereocenters. The van der Waals surface area contributed by atoms with Gasteiger partial charge in [-0.25, -0.2) is 0 Å². The molecule has 1 heterocycles. The molecule has 2 nitrogen and oxygen atoms in total. The van der Waals surface area contributed by atoms with Crippen LogP contribution >= 0.6 is 11.6 Å². The van der Waals surface area contributed by atoms with Gasteiger partial charge in [0.25, 0.3) is 0 Å². The summed E-state index contributed by atoms with van der Waals surface area (Å²) in [4.78, 5) is 0. The number of nitrogens with zero attached hydrogens (tertiary/aromatic N) is 2. The number of rotatable bonds is 4. The van der Waals surface area contributed by atoms with Gasteiger partial charge in [-0.3, -0.25) is 4.68 Å². The summed E-state index contributed by atoms with van der Waals surface area (Å²) in [5, 5.41) is 3.70. The third-order valence-corrected chi connectivity index (χ3v) is 2.79. The second kappa shape index (κ2) is 5.29. The number of hydrogen-bond acceptors (Lipinski definition) is 1. The van der Waals surface area contributed by atoms with Crippen LogP contribution in [-0.2, 0) is 19.4 Å². The van der Waals surface area contributed by atoms with Crippen LogP contribution in [0.5, 0.6) is 0 Å². The molecule has 0 aliphatic carbocycles. The molecule has 0 amide bonds. The van der Waals surface area contributed by atoms with Crippen LogP contribution in [0.4, 0.5) is 13.2 Å². The Morgan fingerprint density at radius 2 is 1.88 bits per heavy atom. The molecule has 1 rings (SSSR count). The van der Waals surface area contributed by atoms with Gasteiger partial charge in [0, 0.05) is 11.3 Å². The van der Waals surface area contributed by atoms with Crippen molar-refractivity contribution in [3.8, 4) is 0 Å². The molecule has 0 fully saturated rings. The van der Waals surface area contributed by atoms with Crippen molar-refractivity contribution in [3.63, 3.8) is 0 Å². The van der Waals surface area contributed by atoms with E-state index in [1.807, 2.05) is 13.8 Å². The Morgan fingerprint density at radius 1 is 1.29 bits per heavy atom. The summed E-state index contributed by atoms with van der Waals surface area (Å²) < 4.78 is 38.3. The maximum atomic E-state index is 12.4. The Morgan fingerprint density at radius 3 is 2.24 bits per heavy atom. The summed E-state index contributed by atoms with van der Waals surface area (Å²) >= 11 is 6.02. The monoisotopic (exact) mass is 268 g/mol. The van der Waals surface area contributed by atoms with E-state index < -0.39 is 12.7 Å². The van der Waals surface area contributed by atoms with E-state index >= 15 is 0 Å². The van der Waals surface area contributed by atoms with Gasteiger partial charge in [0.15, 0.2) is 0 Å². The molecule has 0 aliphatic heterocycles. The minimum absolute atomic E-state index is 0.318. The molecule has 0 saturated heterocycles. The van der Waals surface area contributed by atoms with Gasteiger partial charge in [-0.15, -0.1) is 11.6 Å². The molecule has 0 radical (unpaired) electrons. The number of halogens is 4. The molecule has 0 bridgehead atoms. The minimum atomic E-state index is -4.26. The molecule has 1 atom stereocenters. The Labute approximate surface area is 104 Å². The zero-order valence-electron chi connectivity index (χ0n) is 10.1. The van der Waals surface area contributed by atoms with Crippen LogP contribution < -0.4 is 0 Å². The van der Waals surface area contributed by atoms with Crippen molar-refractivity contribution in [1.82, 2.24) is 9.78 Å². The van der Waals surface area contributed by atoms with Crippen LogP contribution in [0, 0.1) is 0 Å². The van der Waals surface area contributed by atoms with Crippen molar-refractivity contribution in [2.45, 2.75) is 51.7 Å². The molecule has 17 heavy (non-hydrogen) atoms. The molecule has 0 aliphatic rings. The third-order valence-electron chi connectivity index (χ3n) is 2.57. The molecular formula is C11H16ClF3N2. The van der Waals surface area contributed by atoms with E-state index in [-0.39, 0.29) is 5.38 Å². The van der Waals surface area contributed by atoms with Crippen LogP contribution in [0.1, 0.15) is 43.1 Å². The van der Waals surface area contributed by atoms with Crippen LogP contribution in [-0.4, -0.2) is 16.0 Å². The molecule has 0 aromatic carbocycles. The minimum Gasteiger partial charge on any atom is -0.260 e. The molecule has 0 spiro atoms. The van der Waals surface area contributed by atoms with Crippen LogP contribution in [0.15, 0.2) is 0 Å². The van der Waals surface area contributed by atoms with Crippen molar-refractivity contribution >= 4 is 11.6 Å². The topological polar surface area (TPSA) is 17.8 Å². The summed E-state index contributed by atoms with van der Waals surface area (Å²) in [6.07, 6.45) is -3.17. The van der Waals surface area contributed by atoms with Gasteiger partial charge in [0.05, 0.1) is 11.1 Å².